The van der Waals surface area contributed by atoms with Gasteiger partial charge in [-0.2, -0.15) is 13.2 Å². The zero-order chi connectivity index (χ0) is 18.0. The molecule has 4 nitrogen and oxygen atoms in total. The Kier molecular flexibility index (Phi) is 4.76. The van der Waals surface area contributed by atoms with Gasteiger partial charge in [0.05, 0.1) is 5.39 Å². The Bertz CT molecular complexity index is 864. The average molecular weight is 371 g/mol. The SMILES string of the molecule is CC(Nc1ncnc2scc(F)c12)c1ccc(OCC(F)(F)F)cc1. The van der Waals surface area contributed by atoms with Crippen LogP contribution in [0.4, 0.5) is 23.4 Å². The predicted octanol–water partition coefficient (Wildman–Crippen LogP) is 4.94. The minimum absolute atomic E-state index is 0.126. The van der Waals surface area contributed by atoms with Gasteiger partial charge in [-0.1, -0.05) is 12.1 Å². The minimum Gasteiger partial charge on any atom is -0.484 e. The smallest absolute Gasteiger partial charge is 0.422 e. The van der Waals surface area contributed by atoms with E-state index in [-0.39, 0.29) is 11.8 Å². The van der Waals surface area contributed by atoms with Crippen molar-refractivity contribution in [1.82, 2.24) is 9.97 Å². The molecule has 0 saturated heterocycles. The van der Waals surface area contributed by atoms with Crippen LogP contribution in [0, 0.1) is 5.82 Å². The molecule has 1 atom stereocenters. The van der Waals surface area contributed by atoms with E-state index >= 15 is 0 Å². The maximum absolute atomic E-state index is 13.9. The van der Waals surface area contributed by atoms with Crippen LogP contribution < -0.4 is 10.1 Å². The highest BCUT2D eigenvalue weighted by atomic mass is 32.1. The lowest BCUT2D eigenvalue weighted by Crippen LogP contribution is -2.19. The molecule has 3 rings (SSSR count). The Labute approximate surface area is 144 Å². The van der Waals surface area contributed by atoms with E-state index in [1.165, 1.54) is 35.2 Å². The first-order valence-corrected chi connectivity index (χ1v) is 8.15. The molecule has 0 fully saturated rings. The van der Waals surface area contributed by atoms with E-state index < -0.39 is 18.6 Å². The first kappa shape index (κ1) is 17.4. The third-order valence-electron chi connectivity index (χ3n) is 3.46. The molecule has 0 spiro atoms. The highest BCUT2D eigenvalue weighted by Gasteiger charge is 2.28. The van der Waals surface area contributed by atoms with Gasteiger partial charge in [0, 0.05) is 11.4 Å². The van der Waals surface area contributed by atoms with Crippen molar-refractivity contribution in [3.8, 4) is 5.75 Å². The van der Waals surface area contributed by atoms with Crippen LogP contribution in [0.25, 0.3) is 10.2 Å². The molecule has 0 amide bonds. The van der Waals surface area contributed by atoms with Crippen molar-refractivity contribution < 1.29 is 22.3 Å². The Morgan fingerprint density at radius 2 is 1.92 bits per heavy atom. The van der Waals surface area contributed by atoms with Gasteiger partial charge in [0.25, 0.3) is 0 Å². The Morgan fingerprint density at radius 1 is 1.20 bits per heavy atom. The van der Waals surface area contributed by atoms with Gasteiger partial charge < -0.3 is 10.1 Å². The fraction of sp³-hybridized carbons (Fsp3) is 0.250. The summed E-state index contributed by atoms with van der Waals surface area (Å²) in [5.41, 5.74) is 0.793. The summed E-state index contributed by atoms with van der Waals surface area (Å²) in [5, 5.41) is 4.79. The molecule has 0 aliphatic heterocycles. The van der Waals surface area contributed by atoms with E-state index in [0.717, 1.165) is 5.56 Å². The Balaban J connectivity index is 1.72. The number of aromatic nitrogens is 2. The van der Waals surface area contributed by atoms with Crippen LogP contribution in [0.15, 0.2) is 36.0 Å². The summed E-state index contributed by atoms with van der Waals surface area (Å²) in [6.45, 7) is 0.500. The molecular weight excluding hydrogens is 358 g/mol. The molecule has 0 saturated carbocycles. The summed E-state index contributed by atoms with van der Waals surface area (Å²) in [6.07, 6.45) is -3.03. The number of alkyl halides is 3. The van der Waals surface area contributed by atoms with Crippen LogP contribution in [-0.2, 0) is 0 Å². The second-order valence-corrected chi connectivity index (χ2v) is 6.18. The van der Waals surface area contributed by atoms with E-state index in [1.54, 1.807) is 12.1 Å². The fourth-order valence-electron chi connectivity index (χ4n) is 2.26. The number of hydrogen-bond donors (Lipinski definition) is 1. The molecule has 1 aromatic carbocycles. The topological polar surface area (TPSA) is 47.0 Å². The van der Waals surface area contributed by atoms with Crippen LogP contribution in [0.1, 0.15) is 18.5 Å². The van der Waals surface area contributed by atoms with Crippen molar-refractivity contribution >= 4 is 27.4 Å². The maximum atomic E-state index is 13.9. The molecule has 132 valence electrons. The quantitative estimate of drug-likeness (QED) is 0.645. The lowest BCUT2D eigenvalue weighted by atomic mass is 10.1. The van der Waals surface area contributed by atoms with Gasteiger partial charge in [0.1, 0.15) is 28.5 Å². The normalized spacial score (nSPS) is 13.0. The van der Waals surface area contributed by atoms with Gasteiger partial charge >= 0.3 is 6.18 Å². The number of hydrogen-bond acceptors (Lipinski definition) is 5. The van der Waals surface area contributed by atoms with Gasteiger partial charge in [-0.15, -0.1) is 11.3 Å². The molecule has 2 aromatic heterocycles. The molecule has 9 heteroatoms. The molecule has 0 aliphatic carbocycles. The number of nitrogens with one attached hydrogen (secondary N) is 1. The summed E-state index contributed by atoms with van der Waals surface area (Å²) in [5.74, 6) is 0.0985. The lowest BCUT2D eigenvalue weighted by molar-refractivity contribution is -0.153. The highest BCUT2D eigenvalue weighted by molar-refractivity contribution is 7.16. The van der Waals surface area contributed by atoms with E-state index in [1.807, 2.05) is 6.92 Å². The number of halogens is 4. The largest absolute Gasteiger partial charge is 0.484 e. The zero-order valence-corrected chi connectivity index (χ0v) is 13.8. The second-order valence-electron chi connectivity index (χ2n) is 5.32. The number of fused-ring (bicyclic) bond motifs is 1. The fourth-order valence-corrected chi connectivity index (χ4v) is 3.01. The molecule has 1 unspecified atom stereocenters. The van der Waals surface area contributed by atoms with Crippen molar-refractivity contribution in [2.24, 2.45) is 0 Å². The molecule has 0 bridgehead atoms. The third kappa shape index (κ3) is 4.16. The Morgan fingerprint density at radius 3 is 2.60 bits per heavy atom. The molecule has 0 radical (unpaired) electrons. The van der Waals surface area contributed by atoms with Gasteiger partial charge in [-0.3, -0.25) is 0 Å². The molecule has 25 heavy (non-hydrogen) atoms. The number of ether oxygens (including phenoxy) is 1. The predicted molar refractivity (Wildman–Crippen MR) is 87.4 cm³/mol. The number of benzene rings is 1. The highest BCUT2D eigenvalue weighted by Crippen LogP contribution is 2.30. The summed E-state index contributed by atoms with van der Waals surface area (Å²) in [7, 11) is 0. The van der Waals surface area contributed by atoms with Gasteiger partial charge in [-0.25, -0.2) is 14.4 Å². The monoisotopic (exact) mass is 371 g/mol. The molecule has 2 heterocycles. The molecule has 3 aromatic rings. The van der Waals surface area contributed by atoms with Gasteiger partial charge in [0.2, 0.25) is 0 Å². The number of anilines is 1. The van der Waals surface area contributed by atoms with E-state index in [0.29, 0.717) is 16.0 Å². The average Bonchev–Trinajstić information content (AvgIpc) is 2.95. The van der Waals surface area contributed by atoms with E-state index in [2.05, 4.69) is 20.0 Å². The Hall–Kier alpha value is -2.42. The van der Waals surface area contributed by atoms with Crippen LogP contribution in [-0.4, -0.2) is 22.8 Å². The lowest BCUT2D eigenvalue weighted by Gasteiger charge is -2.16. The first-order chi connectivity index (χ1) is 11.8. The number of thiophene rings is 1. The van der Waals surface area contributed by atoms with E-state index in [4.69, 9.17) is 0 Å². The minimum atomic E-state index is -4.38. The standard InChI is InChI=1S/C16H13F4N3OS/c1-9(10-2-4-11(5-3-10)24-7-16(18,19)20)23-14-13-12(17)6-25-15(13)22-8-21-14/h2-6,8-9H,7H2,1H3,(H,21,22,23). The summed E-state index contributed by atoms with van der Waals surface area (Å²) < 4.78 is 55.0. The van der Waals surface area contributed by atoms with Gasteiger partial charge in [0.15, 0.2) is 6.61 Å². The first-order valence-electron chi connectivity index (χ1n) is 7.27. The van der Waals surface area contributed by atoms with Gasteiger partial charge in [-0.05, 0) is 24.6 Å². The summed E-state index contributed by atoms with van der Waals surface area (Å²) >= 11 is 1.19. The van der Waals surface area contributed by atoms with Crippen molar-refractivity contribution in [1.29, 1.82) is 0 Å². The summed E-state index contributed by atoms with van der Waals surface area (Å²) in [6, 6.07) is 5.96. The van der Waals surface area contributed by atoms with Crippen LogP contribution >= 0.6 is 11.3 Å². The van der Waals surface area contributed by atoms with Crippen molar-refractivity contribution in [2.75, 3.05) is 11.9 Å². The van der Waals surface area contributed by atoms with Crippen molar-refractivity contribution in [3.05, 3.63) is 47.4 Å². The molecule has 1 N–H and O–H groups in total. The number of rotatable bonds is 5. The van der Waals surface area contributed by atoms with E-state index in [9.17, 15) is 17.6 Å². The zero-order valence-electron chi connectivity index (χ0n) is 13.0. The van der Waals surface area contributed by atoms with Crippen LogP contribution in [0.2, 0.25) is 0 Å². The van der Waals surface area contributed by atoms with Crippen LogP contribution in [0.5, 0.6) is 5.75 Å². The maximum Gasteiger partial charge on any atom is 0.422 e. The van der Waals surface area contributed by atoms with Crippen LogP contribution in [0.3, 0.4) is 0 Å². The number of nitrogens with zero attached hydrogens (tertiary/aromatic N) is 2. The summed E-state index contributed by atoms with van der Waals surface area (Å²) in [4.78, 5) is 8.63. The van der Waals surface area contributed by atoms with Crippen molar-refractivity contribution in [3.63, 3.8) is 0 Å². The third-order valence-corrected chi connectivity index (χ3v) is 4.32. The van der Waals surface area contributed by atoms with Crippen molar-refractivity contribution in [2.45, 2.75) is 19.1 Å². The molecule has 0 aliphatic rings. The second kappa shape index (κ2) is 6.83. The molecular formula is C16H13F4N3OS.